The van der Waals surface area contributed by atoms with Crippen molar-refractivity contribution in [2.24, 2.45) is 0 Å². The van der Waals surface area contributed by atoms with Crippen LogP contribution in [0.3, 0.4) is 0 Å². The van der Waals surface area contributed by atoms with Gasteiger partial charge in [-0.3, -0.25) is 9.59 Å². The summed E-state index contributed by atoms with van der Waals surface area (Å²) in [5, 5.41) is 3.29. The third-order valence-corrected chi connectivity index (χ3v) is 7.64. The number of halogens is 3. The summed E-state index contributed by atoms with van der Waals surface area (Å²) >= 11 is 12.6. The molecule has 0 aliphatic carbocycles. The molecule has 2 rings (SSSR count). The quantitative estimate of drug-likeness (QED) is 0.492. The van der Waals surface area contributed by atoms with Crippen LogP contribution in [0, 0.1) is 5.82 Å². The second kappa shape index (κ2) is 12.0. The highest BCUT2D eigenvalue weighted by molar-refractivity contribution is 7.90. The van der Waals surface area contributed by atoms with Gasteiger partial charge in [0.1, 0.15) is 18.4 Å². The van der Waals surface area contributed by atoms with Gasteiger partial charge in [0.15, 0.2) is 0 Å². The van der Waals surface area contributed by atoms with Gasteiger partial charge < -0.3 is 10.2 Å². The highest BCUT2D eigenvalue weighted by Gasteiger charge is 2.34. The first-order chi connectivity index (χ1) is 16.3. The van der Waals surface area contributed by atoms with Gasteiger partial charge in [0.05, 0.1) is 5.69 Å². The van der Waals surface area contributed by atoms with Crippen LogP contribution in [0.15, 0.2) is 42.5 Å². The zero-order valence-electron chi connectivity index (χ0n) is 20.1. The van der Waals surface area contributed by atoms with E-state index in [2.05, 4.69) is 5.32 Å². The second-order valence-electron chi connectivity index (χ2n) is 8.31. The summed E-state index contributed by atoms with van der Waals surface area (Å²) in [7, 11) is -1.73. The zero-order valence-corrected chi connectivity index (χ0v) is 22.5. The van der Waals surface area contributed by atoms with Crippen LogP contribution < -0.4 is 9.62 Å². The SMILES string of the molecule is CC(C)NC(=O)C(C)N(Cc1c(Cl)cccc1Cl)C(=O)CN(c1ccccc1F)S(=O)(=O)N(C)C. The molecule has 0 aromatic heterocycles. The highest BCUT2D eigenvalue weighted by Crippen LogP contribution is 2.28. The molecule has 8 nitrogen and oxygen atoms in total. The minimum Gasteiger partial charge on any atom is -0.352 e. The molecule has 0 spiro atoms. The van der Waals surface area contributed by atoms with Crippen molar-refractivity contribution in [1.29, 1.82) is 0 Å². The Balaban J connectivity index is 2.53. The first-order valence-electron chi connectivity index (χ1n) is 10.7. The van der Waals surface area contributed by atoms with Gasteiger partial charge in [0.2, 0.25) is 11.8 Å². The minimum absolute atomic E-state index is 0.169. The number of para-hydroxylation sites is 1. The van der Waals surface area contributed by atoms with Crippen LogP contribution in [0.4, 0.5) is 10.1 Å². The number of amides is 2. The zero-order chi connectivity index (χ0) is 26.5. The third kappa shape index (κ3) is 7.07. The number of carbonyl (C=O) groups is 2. The Hall–Kier alpha value is -2.40. The van der Waals surface area contributed by atoms with Crippen molar-refractivity contribution < 1.29 is 22.4 Å². The summed E-state index contributed by atoms with van der Waals surface area (Å²) in [6.07, 6.45) is 0. The molecular weight excluding hydrogens is 518 g/mol. The summed E-state index contributed by atoms with van der Waals surface area (Å²) in [6.45, 7) is 4.12. The van der Waals surface area contributed by atoms with Crippen LogP contribution in [-0.4, -0.2) is 62.2 Å². The van der Waals surface area contributed by atoms with E-state index in [1.807, 2.05) is 0 Å². The second-order valence-corrected chi connectivity index (χ2v) is 11.2. The highest BCUT2D eigenvalue weighted by atomic mass is 35.5. The lowest BCUT2D eigenvalue weighted by atomic mass is 10.1. The number of rotatable bonds is 10. The number of anilines is 1. The topological polar surface area (TPSA) is 90.0 Å². The van der Waals surface area contributed by atoms with Crippen LogP contribution in [0.25, 0.3) is 0 Å². The monoisotopic (exact) mass is 546 g/mol. The van der Waals surface area contributed by atoms with Crippen molar-refractivity contribution in [2.75, 3.05) is 24.9 Å². The molecular formula is C23H29Cl2FN4O4S. The Kier molecular flexibility index (Phi) is 9.91. The van der Waals surface area contributed by atoms with E-state index in [1.54, 1.807) is 32.0 Å². The molecule has 0 bridgehead atoms. The predicted molar refractivity (Wildman–Crippen MR) is 136 cm³/mol. The fraction of sp³-hybridized carbons (Fsp3) is 0.391. The van der Waals surface area contributed by atoms with E-state index in [4.69, 9.17) is 23.2 Å². The first-order valence-corrected chi connectivity index (χ1v) is 12.9. The molecule has 0 aliphatic rings. The van der Waals surface area contributed by atoms with Crippen LogP contribution in [0.2, 0.25) is 10.0 Å². The molecule has 12 heteroatoms. The maximum atomic E-state index is 14.6. The average molecular weight is 547 g/mol. The van der Waals surface area contributed by atoms with Gasteiger partial charge in [-0.15, -0.1) is 0 Å². The summed E-state index contributed by atoms with van der Waals surface area (Å²) in [5.41, 5.74) is 0.0887. The van der Waals surface area contributed by atoms with Crippen LogP contribution in [0.1, 0.15) is 26.3 Å². The predicted octanol–water partition coefficient (Wildman–Crippen LogP) is 3.69. The van der Waals surface area contributed by atoms with Crippen molar-refractivity contribution in [3.8, 4) is 0 Å². The van der Waals surface area contributed by atoms with Crippen LogP contribution >= 0.6 is 23.2 Å². The molecule has 2 aromatic carbocycles. The molecule has 2 aromatic rings. The molecule has 0 fully saturated rings. The van der Waals surface area contributed by atoms with Gasteiger partial charge in [0.25, 0.3) is 0 Å². The Morgan fingerprint density at radius 3 is 2.09 bits per heavy atom. The molecule has 0 saturated heterocycles. The van der Waals surface area contributed by atoms with Crippen molar-refractivity contribution in [3.63, 3.8) is 0 Å². The molecule has 0 heterocycles. The summed E-state index contributed by atoms with van der Waals surface area (Å²) < 4.78 is 42.3. The normalized spacial score (nSPS) is 12.5. The number of hydrogen-bond acceptors (Lipinski definition) is 4. The maximum Gasteiger partial charge on any atom is 0.304 e. The molecule has 1 atom stereocenters. The Morgan fingerprint density at radius 2 is 1.57 bits per heavy atom. The summed E-state index contributed by atoms with van der Waals surface area (Å²) in [4.78, 5) is 27.6. The molecule has 1 unspecified atom stereocenters. The largest absolute Gasteiger partial charge is 0.352 e. The molecule has 1 N–H and O–H groups in total. The number of hydrogen-bond donors (Lipinski definition) is 1. The minimum atomic E-state index is -4.27. The van der Waals surface area contributed by atoms with E-state index < -0.39 is 40.4 Å². The Bertz CT molecular complexity index is 1160. The van der Waals surface area contributed by atoms with E-state index in [9.17, 15) is 22.4 Å². The van der Waals surface area contributed by atoms with Crippen LogP contribution in [-0.2, 0) is 26.3 Å². The van der Waals surface area contributed by atoms with Crippen molar-refractivity contribution >= 4 is 50.9 Å². The Labute approximate surface area is 215 Å². The van der Waals surface area contributed by atoms with Crippen LogP contribution in [0.5, 0.6) is 0 Å². The fourth-order valence-corrected chi connectivity index (χ4v) is 4.78. The average Bonchev–Trinajstić information content (AvgIpc) is 2.76. The van der Waals surface area contributed by atoms with Gasteiger partial charge in [-0.05, 0) is 45.0 Å². The van der Waals surface area contributed by atoms with E-state index in [-0.39, 0.29) is 28.3 Å². The molecule has 192 valence electrons. The lowest BCUT2D eigenvalue weighted by Gasteiger charge is -2.33. The number of nitrogens with zero attached hydrogens (tertiary/aromatic N) is 3. The van der Waals surface area contributed by atoms with Gasteiger partial charge in [-0.2, -0.15) is 12.7 Å². The summed E-state index contributed by atoms with van der Waals surface area (Å²) in [6, 6.07) is 8.83. The molecule has 2 amide bonds. The Morgan fingerprint density at radius 1 is 1.00 bits per heavy atom. The third-order valence-electron chi connectivity index (χ3n) is 5.13. The lowest BCUT2D eigenvalue weighted by molar-refractivity contribution is -0.139. The number of benzene rings is 2. The van der Waals surface area contributed by atoms with Gasteiger partial charge in [0, 0.05) is 42.3 Å². The smallest absolute Gasteiger partial charge is 0.304 e. The van der Waals surface area contributed by atoms with E-state index >= 15 is 0 Å². The number of carbonyl (C=O) groups excluding carboxylic acids is 2. The van der Waals surface area contributed by atoms with E-state index in [0.29, 0.717) is 9.87 Å². The maximum absolute atomic E-state index is 14.6. The van der Waals surface area contributed by atoms with Gasteiger partial charge in [-0.1, -0.05) is 41.4 Å². The summed E-state index contributed by atoms with van der Waals surface area (Å²) in [5.74, 6) is -2.03. The van der Waals surface area contributed by atoms with Crippen molar-refractivity contribution in [1.82, 2.24) is 14.5 Å². The molecule has 35 heavy (non-hydrogen) atoms. The lowest BCUT2D eigenvalue weighted by Crippen LogP contribution is -2.53. The first kappa shape index (κ1) is 28.8. The van der Waals surface area contributed by atoms with E-state index in [1.165, 1.54) is 44.1 Å². The standard InChI is InChI=1S/C23H29Cl2FN4O4S/c1-15(2)27-23(32)16(3)29(13-17-18(24)9-8-10-19(17)25)22(31)14-30(35(33,34)28(4)5)21-12-7-6-11-20(21)26/h6-12,15-16H,13-14H2,1-5H3,(H,27,32). The van der Waals surface area contributed by atoms with E-state index in [0.717, 1.165) is 10.4 Å². The van der Waals surface area contributed by atoms with Gasteiger partial charge in [-0.25, -0.2) is 8.70 Å². The molecule has 0 radical (unpaired) electrons. The van der Waals surface area contributed by atoms with Crippen molar-refractivity contribution in [3.05, 3.63) is 63.9 Å². The molecule has 0 saturated carbocycles. The fourth-order valence-electron chi connectivity index (χ4n) is 3.20. The molecule has 0 aliphatic heterocycles. The number of nitrogens with one attached hydrogen (secondary N) is 1. The van der Waals surface area contributed by atoms with Gasteiger partial charge >= 0.3 is 10.2 Å². The van der Waals surface area contributed by atoms with Crippen molar-refractivity contribution in [2.45, 2.75) is 39.4 Å².